The molecule has 2 aromatic carbocycles. The van der Waals surface area contributed by atoms with Gasteiger partial charge in [0.1, 0.15) is 5.75 Å². The minimum Gasteiger partial charge on any atom is -0.496 e. The smallest absolute Gasteiger partial charge is 0.185 e. The molecule has 0 saturated heterocycles. The summed E-state index contributed by atoms with van der Waals surface area (Å²) in [5.41, 5.74) is 4.88. The van der Waals surface area contributed by atoms with E-state index < -0.39 is 0 Å². The van der Waals surface area contributed by atoms with E-state index in [-0.39, 0.29) is 5.78 Å². The van der Waals surface area contributed by atoms with Crippen molar-refractivity contribution in [3.63, 3.8) is 0 Å². The molecule has 0 aliphatic heterocycles. The van der Waals surface area contributed by atoms with E-state index in [4.69, 9.17) is 4.74 Å². The van der Waals surface area contributed by atoms with Gasteiger partial charge in [0, 0.05) is 36.5 Å². The Morgan fingerprint density at radius 1 is 0.920 bits per heavy atom. The van der Waals surface area contributed by atoms with Crippen LogP contribution in [-0.4, -0.2) is 27.0 Å². The topological polar surface area (TPSA) is 29.5 Å². The highest BCUT2D eigenvalue weighted by Crippen LogP contribution is 2.31. The first-order valence-corrected chi connectivity index (χ1v) is 8.45. The molecule has 1 saturated carbocycles. The first-order chi connectivity index (χ1) is 12.1. The lowest BCUT2D eigenvalue weighted by Crippen LogP contribution is -2.07. The van der Waals surface area contributed by atoms with Crippen molar-refractivity contribution in [1.82, 2.24) is 0 Å². The highest BCUT2D eigenvalue weighted by Gasteiger charge is 2.23. The van der Waals surface area contributed by atoms with Crippen molar-refractivity contribution in [3.05, 3.63) is 70.8 Å². The summed E-state index contributed by atoms with van der Waals surface area (Å²) in [6, 6.07) is 16.0. The van der Waals surface area contributed by atoms with Crippen LogP contribution in [0.1, 0.15) is 24.0 Å². The number of allylic oxidation sites excluding steroid dienone is 2. The van der Waals surface area contributed by atoms with Crippen LogP contribution in [-0.2, 0) is 4.79 Å². The summed E-state index contributed by atoms with van der Waals surface area (Å²) in [7, 11) is 5.68. The van der Waals surface area contributed by atoms with Gasteiger partial charge in [-0.1, -0.05) is 30.3 Å². The summed E-state index contributed by atoms with van der Waals surface area (Å²) in [6.07, 6.45) is 5.52. The third-order valence-electron chi connectivity index (χ3n) is 4.47. The highest BCUT2D eigenvalue weighted by atomic mass is 16.5. The van der Waals surface area contributed by atoms with Crippen LogP contribution in [0, 0.1) is 0 Å². The normalized spacial score (nSPS) is 17.3. The predicted octanol–water partition coefficient (Wildman–Crippen LogP) is 4.59. The molecule has 25 heavy (non-hydrogen) atoms. The maximum atomic E-state index is 12.7. The number of benzene rings is 2. The van der Waals surface area contributed by atoms with Gasteiger partial charge in [-0.3, -0.25) is 4.79 Å². The number of carbonyl (C=O) groups is 1. The fourth-order valence-corrected chi connectivity index (χ4v) is 3.02. The second-order valence-corrected chi connectivity index (χ2v) is 6.40. The lowest BCUT2D eigenvalue weighted by atomic mass is 10.1. The molecule has 3 rings (SSSR count). The van der Waals surface area contributed by atoms with E-state index >= 15 is 0 Å². The number of ether oxygens (including phenoxy) is 1. The van der Waals surface area contributed by atoms with E-state index in [0.29, 0.717) is 0 Å². The minimum atomic E-state index is 0.141. The number of carbonyl (C=O) groups excluding carboxylic acids is 1. The second-order valence-electron chi connectivity index (χ2n) is 6.40. The molecule has 0 heterocycles. The molecular formula is C22H23NO2. The standard InChI is InChI=1S/C22H23NO2/c1-23(2)20-12-8-16(9-13-20)14-18-10-11-19(22(18)24)15-17-6-4-5-7-21(17)25-3/h4-9,12-15H,10-11H2,1-3H3. The van der Waals surface area contributed by atoms with Crippen molar-refractivity contribution in [2.24, 2.45) is 0 Å². The minimum absolute atomic E-state index is 0.141. The molecule has 0 amide bonds. The SMILES string of the molecule is COc1ccccc1C=C1CCC(=Cc2ccc(N(C)C)cc2)C1=O. The molecule has 0 N–H and O–H groups in total. The highest BCUT2D eigenvalue weighted by molar-refractivity contribution is 6.15. The number of para-hydroxylation sites is 1. The average molecular weight is 333 g/mol. The molecule has 128 valence electrons. The largest absolute Gasteiger partial charge is 0.496 e. The molecule has 3 nitrogen and oxygen atoms in total. The van der Waals surface area contributed by atoms with Crippen molar-refractivity contribution < 1.29 is 9.53 Å². The predicted molar refractivity (Wildman–Crippen MR) is 104 cm³/mol. The van der Waals surface area contributed by atoms with Gasteiger partial charge in [-0.25, -0.2) is 0 Å². The molecule has 0 spiro atoms. The monoisotopic (exact) mass is 333 g/mol. The lowest BCUT2D eigenvalue weighted by Gasteiger charge is -2.11. The molecule has 0 bridgehead atoms. The number of hydrogen-bond donors (Lipinski definition) is 0. The summed E-state index contributed by atoms with van der Waals surface area (Å²) in [5, 5.41) is 0. The van der Waals surface area contributed by atoms with Crippen molar-refractivity contribution >= 4 is 23.6 Å². The van der Waals surface area contributed by atoms with Crippen LogP contribution in [0.4, 0.5) is 5.69 Å². The van der Waals surface area contributed by atoms with E-state index in [1.165, 1.54) is 0 Å². The lowest BCUT2D eigenvalue weighted by molar-refractivity contribution is -0.111. The molecule has 3 heteroatoms. The third-order valence-corrected chi connectivity index (χ3v) is 4.47. The van der Waals surface area contributed by atoms with Crippen molar-refractivity contribution in [2.75, 3.05) is 26.1 Å². The Morgan fingerprint density at radius 2 is 1.56 bits per heavy atom. The Hall–Kier alpha value is -2.81. The van der Waals surface area contributed by atoms with Gasteiger partial charge in [0.05, 0.1) is 7.11 Å². The molecule has 2 aromatic rings. The molecular weight excluding hydrogens is 310 g/mol. The zero-order valence-electron chi connectivity index (χ0n) is 15.0. The first-order valence-electron chi connectivity index (χ1n) is 8.45. The van der Waals surface area contributed by atoms with Crippen LogP contribution in [0.2, 0.25) is 0 Å². The molecule has 1 aliphatic rings. The van der Waals surface area contributed by atoms with E-state index in [0.717, 1.165) is 46.6 Å². The van der Waals surface area contributed by atoms with Gasteiger partial charge in [0.25, 0.3) is 0 Å². The zero-order valence-corrected chi connectivity index (χ0v) is 15.0. The van der Waals surface area contributed by atoms with E-state index in [1.54, 1.807) is 7.11 Å². The average Bonchev–Trinajstić information content (AvgIpc) is 2.96. The maximum Gasteiger partial charge on any atom is 0.185 e. The number of methoxy groups -OCH3 is 1. The Kier molecular flexibility index (Phi) is 5.03. The van der Waals surface area contributed by atoms with Crippen LogP contribution < -0.4 is 9.64 Å². The van der Waals surface area contributed by atoms with Gasteiger partial charge in [0.15, 0.2) is 5.78 Å². The summed E-state index contributed by atoms with van der Waals surface area (Å²) in [6.45, 7) is 0. The van der Waals surface area contributed by atoms with Gasteiger partial charge < -0.3 is 9.64 Å². The molecule has 1 aliphatic carbocycles. The maximum absolute atomic E-state index is 12.7. The Bertz CT molecular complexity index is 829. The molecule has 0 atom stereocenters. The fourth-order valence-electron chi connectivity index (χ4n) is 3.02. The summed E-state index contributed by atoms with van der Waals surface area (Å²) >= 11 is 0. The van der Waals surface area contributed by atoms with Crippen molar-refractivity contribution in [1.29, 1.82) is 0 Å². The number of rotatable bonds is 4. The quantitative estimate of drug-likeness (QED) is 0.766. The molecule has 1 fully saturated rings. The van der Waals surface area contributed by atoms with Gasteiger partial charge in [-0.15, -0.1) is 0 Å². The van der Waals surface area contributed by atoms with E-state index in [1.807, 2.05) is 50.5 Å². The van der Waals surface area contributed by atoms with E-state index in [2.05, 4.69) is 29.2 Å². The number of hydrogen-bond acceptors (Lipinski definition) is 3. The Labute approximate surface area is 149 Å². The van der Waals surface area contributed by atoms with Crippen LogP contribution in [0.25, 0.3) is 12.2 Å². The molecule has 0 radical (unpaired) electrons. The van der Waals surface area contributed by atoms with Gasteiger partial charge in [0.2, 0.25) is 0 Å². The van der Waals surface area contributed by atoms with Gasteiger partial charge in [-0.2, -0.15) is 0 Å². The van der Waals surface area contributed by atoms with Crippen LogP contribution in [0.15, 0.2) is 59.7 Å². The molecule has 0 aromatic heterocycles. The van der Waals surface area contributed by atoms with Crippen LogP contribution in [0.3, 0.4) is 0 Å². The van der Waals surface area contributed by atoms with Crippen LogP contribution >= 0.6 is 0 Å². The Morgan fingerprint density at radius 3 is 2.20 bits per heavy atom. The Balaban J connectivity index is 1.82. The van der Waals surface area contributed by atoms with Crippen LogP contribution in [0.5, 0.6) is 5.75 Å². The fraction of sp³-hybridized carbons (Fsp3) is 0.227. The summed E-state index contributed by atoms with van der Waals surface area (Å²) in [5.74, 6) is 0.932. The second kappa shape index (κ2) is 7.39. The summed E-state index contributed by atoms with van der Waals surface area (Å²) in [4.78, 5) is 14.8. The zero-order chi connectivity index (χ0) is 17.8. The number of ketones is 1. The van der Waals surface area contributed by atoms with E-state index in [9.17, 15) is 4.79 Å². The van der Waals surface area contributed by atoms with Gasteiger partial charge >= 0.3 is 0 Å². The number of anilines is 1. The number of nitrogens with zero attached hydrogens (tertiary/aromatic N) is 1. The van der Waals surface area contributed by atoms with Crippen molar-refractivity contribution in [3.8, 4) is 5.75 Å². The summed E-state index contributed by atoms with van der Waals surface area (Å²) < 4.78 is 5.37. The first kappa shape index (κ1) is 17.0. The number of Topliss-reactive ketones (excluding diaryl/α,β-unsaturated/α-hetero) is 1. The third kappa shape index (κ3) is 3.82. The molecule has 0 unspecified atom stereocenters. The van der Waals surface area contributed by atoms with Crippen molar-refractivity contribution in [2.45, 2.75) is 12.8 Å². The van der Waals surface area contributed by atoms with Gasteiger partial charge in [-0.05, 0) is 48.8 Å².